The van der Waals surface area contributed by atoms with E-state index in [1.807, 2.05) is 78.9 Å². The van der Waals surface area contributed by atoms with Crippen LogP contribution >= 0.6 is 0 Å². The highest BCUT2D eigenvalue weighted by Crippen LogP contribution is 2.42. The van der Waals surface area contributed by atoms with Crippen LogP contribution in [0.2, 0.25) is 0 Å². The van der Waals surface area contributed by atoms with E-state index in [-0.39, 0.29) is 27.3 Å². The SMILES string of the molecule is [B]c1c([B])c([B])c(-c2cccc(-c3nc(-c4ccccc4)nc(-c4cccc5oc6c(-c7ccc8c(c7)c7ccccc7n8-c7ccccc7)cccc6c45)n3)c2)c([B])c1[B]. The van der Waals surface area contributed by atoms with Gasteiger partial charge in [0.15, 0.2) is 17.5 Å². The fourth-order valence-electron chi connectivity index (χ4n) is 8.57. The minimum atomic E-state index is 0.158. The second-order valence-electron chi connectivity index (χ2n) is 15.1. The first-order valence-corrected chi connectivity index (χ1v) is 19.8. The standard InChI is InChI=1S/C51H27B5N4O/c52-43-41(44(53)46(55)47(56)45(43)54)30-14-9-15-31(26-30)50-57-49(28-12-3-1-4-13-28)58-51(59-50)36-21-11-23-40-42(36)35-20-10-19-33(48(35)61-40)29-24-25-39-37(27-29)34-18-7-8-22-38(34)60(39)32-16-5-2-6-17-32/h1-27H. The lowest BCUT2D eigenvalue weighted by Crippen LogP contribution is -2.55. The topological polar surface area (TPSA) is 56.7 Å². The van der Waals surface area contributed by atoms with E-state index in [0.29, 0.717) is 34.2 Å². The molecule has 3 heterocycles. The Kier molecular flexibility index (Phi) is 8.71. The first-order chi connectivity index (χ1) is 29.8. The van der Waals surface area contributed by atoms with Crippen LogP contribution in [-0.2, 0) is 0 Å². The van der Waals surface area contributed by atoms with Gasteiger partial charge in [-0.25, -0.2) is 15.0 Å². The van der Waals surface area contributed by atoms with E-state index in [0.717, 1.165) is 66.3 Å². The van der Waals surface area contributed by atoms with E-state index in [2.05, 4.69) is 89.5 Å². The van der Waals surface area contributed by atoms with Crippen molar-refractivity contribution in [3.8, 4) is 62.1 Å². The number of hydrogen-bond acceptors (Lipinski definition) is 4. The summed E-state index contributed by atoms with van der Waals surface area (Å²) in [4.78, 5) is 15.2. The van der Waals surface area contributed by atoms with Gasteiger partial charge in [-0.2, -0.15) is 0 Å². The van der Waals surface area contributed by atoms with Crippen LogP contribution in [0.1, 0.15) is 0 Å². The minimum absolute atomic E-state index is 0.158. The molecule has 0 spiro atoms. The first kappa shape index (κ1) is 36.8. The zero-order valence-corrected chi connectivity index (χ0v) is 32.7. The molecule has 0 aliphatic carbocycles. The molecular formula is C51H27B5N4O. The van der Waals surface area contributed by atoms with Crippen LogP contribution in [-0.4, -0.2) is 58.8 Å². The van der Waals surface area contributed by atoms with Crippen molar-refractivity contribution in [2.45, 2.75) is 0 Å². The molecule has 272 valence electrons. The lowest BCUT2D eigenvalue weighted by Gasteiger charge is -2.21. The Balaban J connectivity index is 1.09. The van der Waals surface area contributed by atoms with Crippen LogP contribution in [0.25, 0.3) is 106 Å². The van der Waals surface area contributed by atoms with E-state index >= 15 is 0 Å². The van der Waals surface area contributed by atoms with Crippen molar-refractivity contribution in [3.63, 3.8) is 0 Å². The molecule has 0 saturated carbocycles. The molecule has 0 amide bonds. The molecule has 0 atom stereocenters. The van der Waals surface area contributed by atoms with Gasteiger partial charge in [0, 0.05) is 49.5 Å². The largest absolute Gasteiger partial charge is 0.455 e. The molecule has 5 nitrogen and oxygen atoms in total. The number of nitrogens with zero attached hydrogens (tertiary/aromatic N) is 4. The Morgan fingerprint density at radius 2 is 0.967 bits per heavy atom. The maximum absolute atomic E-state index is 6.79. The zero-order valence-electron chi connectivity index (χ0n) is 32.7. The summed E-state index contributed by atoms with van der Waals surface area (Å²) < 4.78 is 9.11. The van der Waals surface area contributed by atoms with Crippen LogP contribution in [0.5, 0.6) is 0 Å². The number of hydrogen-bond donors (Lipinski definition) is 0. The van der Waals surface area contributed by atoms with Gasteiger partial charge in [0.05, 0.1) is 11.0 Å². The van der Waals surface area contributed by atoms with Gasteiger partial charge in [-0.15, -0.1) is 16.4 Å². The molecule has 61 heavy (non-hydrogen) atoms. The summed E-state index contributed by atoms with van der Waals surface area (Å²) in [6.07, 6.45) is 0. The van der Waals surface area contributed by atoms with Crippen molar-refractivity contribution in [2.24, 2.45) is 0 Å². The highest BCUT2D eigenvalue weighted by molar-refractivity contribution is 6.68. The third-order valence-corrected chi connectivity index (χ3v) is 11.5. The molecule has 8 aromatic carbocycles. The average Bonchev–Trinajstić information content (AvgIpc) is 3.87. The fraction of sp³-hybridized carbons (Fsp3) is 0. The molecule has 0 fully saturated rings. The van der Waals surface area contributed by atoms with Gasteiger partial charge in [0.2, 0.25) is 0 Å². The maximum Gasteiger partial charge on any atom is 0.164 e. The fourth-order valence-corrected chi connectivity index (χ4v) is 8.57. The van der Waals surface area contributed by atoms with Gasteiger partial charge in [-0.3, -0.25) is 0 Å². The van der Waals surface area contributed by atoms with E-state index in [9.17, 15) is 0 Å². The average molecular weight is 766 g/mol. The Bertz CT molecular complexity index is 3520. The van der Waals surface area contributed by atoms with Crippen molar-refractivity contribution >= 4 is 110 Å². The van der Waals surface area contributed by atoms with Gasteiger partial charge in [0.1, 0.15) is 50.4 Å². The first-order valence-electron chi connectivity index (χ1n) is 19.8. The van der Waals surface area contributed by atoms with Crippen LogP contribution in [0.3, 0.4) is 0 Å². The molecule has 10 radical (unpaired) electrons. The number of rotatable bonds is 6. The van der Waals surface area contributed by atoms with Gasteiger partial charge < -0.3 is 8.98 Å². The quantitative estimate of drug-likeness (QED) is 0.169. The molecule has 11 aromatic rings. The molecule has 0 N–H and O–H groups in total. The number of furan rings is 1. The molecule has 11 rings (SSSR count). The predicted octanol–water partition coefficient (Wildman–Crippen LogP) is 7.17. The molecule has 3 aromatic heterocycles. The summed E-state index contributed by atoms with van der Waals surface area (Å²) >= 11 is 0. The third kappa shape index (κ3) is 5.96. The summed E-state index contributed by atoms with van der Waals surface area (Å²) in [5.74, 6) is 1.45. The van der Waals surface area contributed by atoms with Crippen molar-refractivity contribution in [1.29, 1.82) is 0 Å². The number of fused-ring (bicyclic) bond motifs is 6. The monoisotopic (exact) mass is 766 g/mol. The normalized spacial score (nSPS) is 11.6. The summed E-state index contributed by atoms with van der Waals surface area (Å²) in [7, 11) is 31.6. The summed E-state index contributed by atoms with van der Waals surface area (Å²) in [6.45, 7) is 0. The van der Waals surface area contributed by atoms with Gasteiger partial charge in [-0.05, 0) is 59.2 Å². The van der Waals surface area contributed by atoms with E-state index in [1.165, 1.54) is 5.39 Å². The molecule has 10 heteroatoms. The lowest BCUT2D eigenvalue weighted by molar-refractivity contribution is 0.670. The molecule has 0 saturated heterocycles. The molecule has 0 aliphatic heterocycles. The van der Waals surface area contributed by atoms with Gasteiger partial charge in [-0.1, -0.05) is 132 Å². The molecule has 0 bridgehead atoms. The van der Waals surface area contributed by atoms with E-state index in [4.69, 9.17) is 58.6 Å². The zero-order chi connectivity index (χ0) is 41.4. The summed E-state index contributed by atoms with van der Waals surface area (Å²) in [5, 5.41) is 4.19. The van der Waals surface area contributed by atoms with Crippen LogP contribution in [0.15, 0.2) is 168 Å². The predicted molar refractivity (Wildman–Crippen MR) is 256 cm³/mol. The van der Waals surface area contributed by atoms with Crippen LogP contribution < -0.4 is 27.3 Å². The van der Waals surface area contributed by atoms with Gasteiger partial charge in [0.25, 0.3) is 0 Å². The maximum atomic E-state index is 6.79. The summed E-state index contributed by atoms with van der Waals surface area (Å²) in [6, 6.07) is 55.4. The highest BCUT2D eigenvalue weighted by Gasteiger charge is 2.21. The second-order valence-corrected chi connectivity index (χ2v) is 15.1. The highest BCUT2D eigenvalue weighted by atomic mass is 16.3. The van der Waals surface area contributed by atoms with Crippen molar-refractivity contribution in [1.82, 2.24) is 19.5 Å². The lowest BCUT2D eigenvalue weighted by atomic mass is 9.59. The summed E-state index contributed by atoms with van der Waals surface area (Å²) in [5.41, 5.74) is 11.5. The number of aromatic nitrogens is 4. The van der Waals surface area contributed by atoms with Gasteiger partial charge >= 0.3 is 0 Å². The van der Waals surface area contributed by atoms with Crippen molar-refractivity contribution in [3.05, 3.63) is 164 Å². The Morgan fingerprint density at radius 1 is 0.393 bits per heavy atom. The minimum Gasteiger partial charge on any atom is -0.455 e. The smallest absolute Gasteiger partial charge is 0.164 e. The van der Waals surface area contributed by atoms with Crippen LogP contribution in [0.4, 0.5) is 0 Å². The van der Waals surface area contributed by atoms with Crippen molar-refractivity contribution < 1.29 is 4.42 Å². The molecule has 0 aliphatic rings. The number of para-hydroxylation sites is 3. The Labute approximate surface area is 358 Å². The molecular weight excluding hydrogens is 739 g/mol. The van der Waals surface area contributed by atoms with E-state index in [1.54, 1.807) is 0 Å². The van der Waals surface area contributed by atoms with Crippen molar-refractivity contribution in [2.75, 3.05) is 0 Å². The third-order valence-electron chi connectivity index (χ3n) is 11.5. The Morgan fingerprint density at radius 3 is 1.75 bits per heavy atom. The number of benzene rings is 8. The Hall–Kier alpha value is -7.31. The second kappa shape index (κ2) is 14.5. The van der Waals surface area contributed by atoms with Crippen LogP contribution in [0, 0.1) is 0 Å². The molecule has 0 unspecified atom stereocenters. The van der Waals surface area contributed by atoms with E-state index < -0.39 is 0 Å².